The van der Waals surface area contributed by atoms with Crippen molar-refractivity contribution in [3.05, 3.63) is 35.4 Å². The first kappa shape index (κ1) is 16.5. The quantitative estimate of drug-likeness (QED) is 0.725. The Kier molecular flexibility index (Phi) is 8.28. The molecule has 1 aromatic carbocycles. The fourth-order valence-corrected chi connectivity index (χ4v) is 1.93. The molecule has 0 spiro atoms. The lowest BCUT2D eigenvalue weighted by Crippen LogP contribution is -2.10. The second kappa shape index (κ2) is 8.54. The van der Waals surface area contributed by atoms with Crippen molar-refractivity contribution in [1.82, 2.24) is 0 Å². The lowest BCUT2D eigenvalue weighted by Gasteiger charge is -2.14. The van der Waals surface area contributed by atoms with Gasteiger partial charge in [0, 0.05) is 6.04 Å². The van der Waals surface area contributed by atoms with Gasteiger partial charge in [0.25, 0.3) is 0 Å². The van der Waals surface area contributed by atoms with Crippen LogP contribution >= 0.6 is 12.4 Å². The molecule has 1 aromatic rings. The zero-order chi connectivity index (χ0) is 12.0. The Hall–Kier alpha value is -0.530. The van der Waals surface area contributed by atoms with Crippen LogP contribution in [0.15, 0.2) is 24.3 Å². The highest BCUT2D eigenvalue weighted by Gasteiger charge is 2.07. The molecule has 0 aromatic heterocycles. The van der Waals surface area contributed by atoms with E-state index in [0.29, 0.717) is 5.92 Å². The second-order valence-corrected chi connectivity index (χ2v) is 4.93. The van der Waals surface area contributed by atoms with Crippen LogP contribution in [0.4, 0.5) is 0 Å². The van der Waals surface area contributed by atoms with Crippen LogP contribution in [-0.2, 0) is 0 Å². The van der Waals surface area contributed by atoms with Crippen molar-refractivity contribution in [2.45, 2.75) is 58.4 Å². The Bertz CT molecular complexity index is 310. The van der Waals surface area contributed by atoms with Crippen LogP contribution in [0, 0.1) is 0 Å². The number of benzene rings is 1. The minimum absolute atomic E-state index is 0. The molecular weight excluding hydrogens is 230 g/mol. The number of rotatable bonds is 6. The minimum atomic E-state index is 0. The zero-order valence-electron chi connectivity index (χ0n) is 11.3. The molecule has 1 nitrogen and oxygen atoms in total. The number of hydrogen-bond acceptors (Lipinski definition) is 1. The maximum Gasteiger partial charge on any atom is 0.0294 e. The molecule has 0 aliphatic rings. The number of unbranched alkanes of at least 4 members (excludes halogenated alkanes) is 2. The Labute approximate surface area is 112 Å². The van der Waals surface area contributed by atoms with Crippen molar-refractivity contribution in [2.75, 3.05) is 0 Å². The van der Waals surface area contributed by atoms with Crippen LogP contribution in [0.1, 0.15) is 69.5 Å². The third-order valence-corrected chi connectivity index (χ3v) is 3.12. The number of hydrogen-bond donors (Lipinski definition) is 1. The SMILES string of the molecule is CCCCC[C@H](N)c1cccc(C(C)C)c1.Cl. The third kappa shape index (κ3) is 5.56. The van der Waals surface area contributed by atoms with Crippen LogP contribution in [0.2, 0.25) is 0 Å². The molecule has 17 heavy (non-hydrogen) atoms. The molecule has 2 N–H and O–H groups in total. The lowest BCUT2D eigenvalue weighted by molar-refractivity contribution is 0.580. The van der Waals surface area contributed by atoms with Gasteiger partial charge in [-0.3, -0.25) is 0 Å². The first-order valence-corrected chi connectivity index (χ1v) is 6.50. The molecule has 0 bridgehead atoms. The normalized spacial score (nSPS) is 12.3. The van der Waals surface area contributed by atoms with Crippen molar-refractivity contribution in [3.63, 3.8) is 0 Å². The van der Waals surface area contributed by atoms with E-state index in [2.05, 4.69) is 45.0 Å². The molecule has 0 radical (unpaired) electrons. The molecule has 0 heterocycles. The second-order valence-electron chi connectivity index (χ2n) is 4.93. The van der Waals surface area contributed by atoms with Crippen molar-refractivity contribution in [1.29, 1.82) is 0 Å². The van der Waals surface area contributed by atoms with Crippen molar-refractivity contribution >= 4 is 12.4 Å². The summed E-state index contributed by atoms with van der Waals surface area (Å²) in [4.78, 5) is 0. The highest BCUT2D eigenvalue weighted by atomic mass is 35.5. The fraction of sp³-hybridized carbons (Fsp3) is 0.600. The Morgan fingerprint density at radius 1 is 1.12 bits per heavy atom. The summed E-state index contributed by atoms with van der Waals surface area (Å²) in [6.07, 6.45) is 4.90. The highest BCUT2D eigenvalue weighted by Crippen LogP contribution is 2.22. The molecule has 0 amide bonds. The number of nitrogens with two attached hydrogens (primary N) is 1. The Morgan fingerprint density at radius 2 is 1.76 bits per heavy atom. The summed E-state index contributed by atoms with van der Waals surface area (Å²) in [6.45, 7) is 6.67. The fourth-order valence-electron chi connectivity index (χ4n) is 1.93. The molecule has 0 aliphatic carbocycles. The molecule has 1 atom stereocenters. The van der Waals surface area contributed by atoms with Gasteiger partial charge in [-0.05, 0) is 23.5 Å². The van der Waals surface area contributed by atoms with Crippen LogP contribution < -0.4 is 5.73 Å². The van der Waals surface area contributed by atoms with E-state index >= 15 is 0 Å². The van der Waals surface area contributed by atoms with Crippen LogP contribution in [0.5, 0.6) is 0 Å². The molecule has 0 saturated heterocycles. The summed E-state index contributed by atoms with van der Waals surface area (Å²) >= 11 is 0. The highest BCUT2D eigenvalue weighted by molar-refractivity contribution is 5.85. The van der Waals surface area contributed by atoms with Gasteiger partial charge in [-0.25, -0.2) is 0 Å². The average Bonchev–Trinajstić information content (AvgIpc) is 2.29. The van der Waals surface area contributed by atoms with E-state index in [1.807, 2.05) is 0 Å². The van der Waals surface area contributed by atoms with Crippen molar-refractivity contribution < 1.29 is 0 Å². The first-order valence-electron chi connectivity index (χ1n) is 6.50. The predicted molar refractivity (Wildman–Crippen MR) is 78.8 cm³/mol. The van der Waals surface area contributed by atoms with Gasteiger partial charge in [-0.1, -0.05) is 64.3 Å². The van der Waals surface area contributed by atoms with Crippen molar-refractivity contribution in [3.8, 4) is 0 Å². The van der Waals surface area contributed by atoms with Gasteiger partial charge in [-0.15, -0.1) is 12.4 Å². The molecule has 98 valence electrons. The maximum absolute atomic E-state index is 6.20. The van der Waals surface area contributed by atoms with Crippen LogP contribution in [0.25, 0.3) is 0 Å². The first-order chi connectivity index (χ1) is 7.65. The van der Waals surface area contributed by atoms with Gasteiger partial charge in [0.2, 0.25) is 0 Å². The molecule has 0 fully saturated rings. The molecule has 0 unspecified atom stereocenters. The molecular formula is C15H26ClN. The van der Waals surface area contributed by atoms with Gasteiger partial charge in [0.1, 0.15) is 0 Å². The van der Waals surface area contributed by atoms with E-state index in [1.54, 1.807) is 0 Å². The van der Waals surface area contributed by atoms with E-state index in [4.69, 9.17) is 5.73 Å². The third-order valence-electron chi connectivity index (χ3n) is 3.12. The van der Waals surface area contributed by atoms with E-state index < -0.39 is 0 Å². The van der Waals surface area contributed by atoms with E-state index in [0.717, 1.165) is 6.42 Å². The summed E-state index contributed by atoms with van der Waals surface area (Å²) in [5, 5.41) is 0. The minimum Gasteiger partial charge on any atom is -0.324 e. The summed E-state index contributed by atoms with van der Waals surface area (Å²) in [5.41, 5.74) is 8.89. The van der Waals surface area contributed by atoms with E-state index in [-0.39, 0.29) is 18.4 Å². The summed E-state index contributed by atoms with van der Waals surface area (Å²) < 4.78 is 0. The summed E-state index contributed by atoms with van der Waals surface area (Å²) in [5.74, 6) is 0.586. The van der Waals surface area contributed by atoms with Gasteiger partial charge in [-0.2, -0.15) is 0 Å². The summed E-state index contributed by atoms with van der Waals surface area (Å²) in [6, 6.07) is 8.95. The van der Waals surface area contributed by atoms with Crippen molar-refractivity contribution in [2.24, 2.45) is 5.73 Å². The van der Waals surface area contributed by atoms with Crippen LogP contribution in [0.3, 0.4) is 0 Å². The van der Waals surface area contributed by atoms with Gasteiger partial charge < -0.3 is 5.73 Å². The van der Waals surface area contributed by atoms with Crippen LogP contribution in [-0.4, -0.2) is 0 Å². The average molecular weight is 256 g/mol. The number of halogens is 1. The Morgan fingerprint density at radius 3 is 2.35 bits per heavy atom. The topological polar surface area (TPSA) is 26.0 Å². The van der Waals surface area contributed by atoms with Gasteiger partial charge in [0.15, 0.2) is 0 Å². The van der Waals surface area contributed by atoms with E-state index in [9.17, 15) is 0 Å². The zero-order valence-corrected chi connectivity index (χ0v) is 12.1. The smallest absolute Gasteiger partial charge is 0.0294 e. The molecule has 1 rings (SSSR count). The summed E-state index contributed by atoms with van der Waals surface area (Å²) in [7, 11) is 0. The van der Waals surface area contributed by atoms with E-state index in [1.165, 1.54) is 30.4 Å². The maximum atomic E-state index is 6.20. The Balaban J connectivity index is 0.00000256. The van der Waals surface area contributed by atoms with Gasteiger partial charge >= 0.3 is 0 Å². The monoisotopic (exact) mass is 255 g/mol. The predicted octanol–water partition coefficient (Wildman–Crippen LogP) is 4.81. The largest absolute Gasteiger partial charge is 0.324 e. The molecule has 0 aliphatic heterocycles. The molecule has 2 heteroatoms. The lowest BCUT2D eigenvalue weighted by atomic mass is 9.95. The molecule has 0 saturated carbocycles. The van der Waals surface area contributed by atoms with Gasteiger partial charge in [0.05, 0.1) is 0 Å². The standard InChI is InChI=1S/C15H25N.ClH/c1-4-5-6-10-15(16)14-9-7-8-13(11-14)12(2)3;/h7-9,11-12,15H,4-6,10,16H2,1-3H3;1H/t15-;/m0./s1.